The summed E-state index contributed by atoms with van der Waals surface area (Å²) in [4.78, 5) is 0. The van der Waals surface area contributed by atoms with E-state index >= 15 is 0 Å². The summed E-state index contributed by atoms with van der Waals surface area (Å²) >= 11 is -1.06. The summed E-state index contributed by atoms with van der Waals surface area (Å²) in [5.41, 5.74) is 15.4. The van der Waals surface area contributed by atoms with Gasteiger partial charge >= 0.3 is 143 Å². The van der Waals surface area contributed by atoms with Crippen LogP contribution in [0.5, 0.6) is 0 Å². The van der Waals surface area contributed by atoms with Gasteiger partial charge in [-0.2, -0.15) is 0 Å². The maximum atomic E-state index is 6.01. The first kappa shape index (κ1) is 39.4. The minimum atomic E-state index is -2.65. The van der Waals surface area contributed by atoms with Crippen LogP contribution >= 0.6 is 17.0 Å². The fourth-order valence-electron chi connectivity index (χ4n) is 6.21. The number of rotatable bonds is 2. The van der Waals surface area contributed by atoms with E-state index in [1.807, 2.05) is 10.7 Å². The molecule has 1 aromatic carbocycles. The molecule has 1 unspecified atom stereocenters. The van der Waals surface area contributed by atoms with Crippen LogP contribution in [0, 0.1) is 10.8 Å². The third kappa shape index (κ3) is 8.14. The molecule has 1 atom stereocenters. The Bertz CT molecular complexity index is 1320. The van der Waals surface area contributed by atoms with Gasteiger partial charge in [-0.05, 0) is 75.0 Å². The molecule has 0 spiro atoms. The number of hydrogen-bond acceptors (Lipinski definition) is 0. The van der Waals surface area contributed by atoms with Crippen molar-refractivity contribution in [1.82, 2.24) is 0 Å². The summed E-state index contributed by atoms with van der Waals surface area (Å²) in [7, 11) is 12.0. The summed E-state index contributed by atoms with van der Waals surface area (Å²) < 4.78 is 3.99. The molecule has 0 radical (unpaired) electrons. The number of halogens is 4. The van der Waals surface area contributed by atoms with Gasteiger partial charge in [-0.3, -0.25) is 0 Å². The minimum absolute atomic E-state index is 0. The van der Waals surface area contributed by atoms with Gasteiger partial charge in [-0.25, -0.2) is 0 Å². The number of benzene rings is 1. The standard InChI is InChI=1S/C20H30.C9H7.C5H5.CH3.4ClH.2Zr/c1-11-13(3)17(19(7,8)15(11)5)18-14(4)12(2)16(6)20(18,9)10;1-2-5-9-7-3-6-8(9)4-1;1-2-4-5-3-1;;;;;;;/h1-10H3;1-7H;1-3H,4H2;1H3;4*1H;;/q;;;;;;;;2*+2/p-4. The quantitative estimate of drug-likeness (QED) is 0.344. The van der Waals surface area contributed by atoms with Gasteiger partial charge in [0.1, 0.15) is 0 Å². The summed E-state index contributed by atoms with van der Waals surface area (Å²) in [6, 6.07) is 8.60. The van der Waals surface area contributed by atoms with E-state index in [1.54, 1.807) is 35.9 Å². The van der Waals surface area contributed by atoms with E-state index < -0.39 is 17.9 Å². The second kappa shape index (κ2) is 15.1. The summed E-state index contributed by atoms with van der Waals surface area (Å²) in [5, 5.41) is 0. The SMILES string of the molecule is CC1=C(C)C(C)(C)C(C2=C(C)C(C)=C(C)C2(C)C)=C1C.[CH3][Zr]([Cl])([Cl])[C]1=CC=CC1.[Cl-].[Cl-].[Zr+2][CH]1C=Cc2ccccc21. The Kier molecular flexibility index (Phi) is 14.5. The second-order valence-electron chi connectivity index (χ2n) is 12.4. The van der Waals surface area contributed by atoms with Crippen molar-refractivity contribution < 1.29 is 67.4 Å². The van der Waals surface area contributed by atoms with Crippen molar-refractivity contribution in [2.45, 2.75) is 83.9 Å². The van der Waals surface area contributed by atoms with Gasteiger partial charge in [0.2, 0.25) is 0 Å². The molecule has 0 bridgehead atoms. The Morgan fingerprint density at radius 3 is 1.56 bits per heavy atom. The van der Waals surface area contributed by atoms with Gasteiger partial charge in [-0.15, -0.1) is 0 Å². The average molecular weight is 790 g/mol. The van der Waals surface area contributed by atoms with Crippen molar-refractivity contribution >= 4 is 23.1 Å². The molecule has 221 valence electrons. The first-order chi connectivity index (χ1) is 17.9. The Hall–Kier alpha value is 0.326. The fourth-order valence-corrected chi connectivity index (χ4v) is 10.9. The predicted molar refractivity (Wildman–Crippen MR) is 167 cm³/mol. The number of fused-ring (bicyclic) bond motifs is 1. The Morgan fingerprint density at radius 2 is 1.24 bits per heavy atom. The molecular weight excluding hydrogens is 745 g/mol. The van der Waals surface area contributed by atoms with E-state index in [2.05, 4.69) is 118 Å². The van der Waals surface area contributed by atoms with Crippen molar-refractivity contribution in [3.63, 3.8) is 0 Å². The van der Waals surface area contributed by atoms with Crippen LogP contribution in [-0.4, -0.2) is 0 Å². The van der Waals surface area contributed by atoms with E-state index in [4.69, 9.17) is 17.0 Å². The zero-order valence-corrected chi connectivity index (χ0v) is 34.4. The Balaban J connectivity index is 0.000000335. The van der Waals surface area contributed by atoms with E-state index in [0.717, 1.165) is 6.42 Å². The van der Waals surface area contributed by atoms with Crippen LogP contribution in [0.25, 0.3) is 6.08 Å². The van der Waals surface area contributed by atoms with Gasteiger partial charge in [-0.1, -0.05) is 38.8 Å². The Morgan fingerprint density at radius 1 is 0.780 bits per heavy atom. The van der Waals surface area contributed by atoms with Crippen molar-refractivity contribution in [3.05, 3.63) is 108 Å². The topological polar surface area (TPSA) is 0 Å². The van der Waals surface area contributed by atoms with E-state index in [9.17, 15) is 0 Å². The molecule has 0 heterocycles. The number of hydrogen-bond donors (Lipinski definition) is 0. The van der Waals surface area contributed by atoms with Crippen LogP contribution in [0.1, 0.15) is 90.4 Å². The van der Waals surface area contributed by atoms with Crippen LogP contribution in [-0.2, 0) is 42.6 Å². The molecule has 0 saturated carbocycles. The van der Waals surface area contributed by atoms with E-state index in [0.29, 0.717) is 3.63 Å². The molecule has 5 rings (SSSR count). The molecule has 0 fully saturated rings. The predicted octanol–water partition coefficient (Wildman–Crippen LogP) is 6.02. The molecule has 4 aliphatic rings. The van der Waals surface area contributed by atoms with Gasteiger partial charge < -0.3 is 24.8 Å². The normalized spacial score (nSPS) is 21.6. The molecule has 0 nitrogen and oxygen atoms in total. The van der Waals surface area contributed by atoms with Crippen LogP contribution in [0.3, 0.4) is 0 Å². The number of allylic oxidation sites excluding steroid dienone is 13. The average Bonchev–Trinajstić information content (AvgIpc) is 3.60. The molecule has 0 aliphatic heterocycles. The third-order valence-electron chi connectivity index (χ3n) is 9.51. The fraction of sp³-hybridized carbons (Fsp3) is 0.429. The van der Waals surface area contributed by atoms with Crippen LogP contribution in [0.15, 0.2) is 96.4 Å². The maximum absolute atomic E-state index is 6.01. The van der Waals surface area contributed by atoms with Crippen molar-refractivity contribution in [2.75, 3.05) is 0 Å². The zero-order valence-electron chi connectivity index (χ0n) is 26.5. The summed E-state index contributed by atoms with van der Waals surface area (Å²) in [6.07, 6.45) is 11.7. The van der Waals surface area contributed by atoms with Crippen molar-refractivity contribution in [1.29, 1.82) is 0 Å². The van der Waals surface area contributed by atoms with E-state index in [-0.39, 0.29) is 35.6 Å². The Labute approximate surface area is 289 Å². The molecule has 0 saturated heterocycles. The third-order valence-corrected chi connectivity index (χ3v) is 17.3. The molecule has 4 aliphatic carbocycles. The first-order valence-corrected chi connectivity index (χ1v) is 25.4. The molecule has 6 heteroatoms. The van der Waals surface area contributed by atoms with Gasteiger partial charge in [0.25, 0.3) is 0 Å². The van der Waals surface area contributed by atoms with Crippen LogP contribution in [0.2, 0.25) is 4.63 Å². The van der Waals surface area contributed by atoms with Gasteiger partial charge in [0, 0.05) is 10.8 Å². The zero-order chi connectivity index (χ0) is 29.5. The van der Waals surface area contributed by atoms with Gasteiger partial charge in [0.15, 0.2) is 0 Å². The molecule has 1 aromatic rings. The molecule has 0 N–H and O–H groups in total. The summed E-state index contributed by atoms with van der Waals surface area (Å²) in [5.74, 6) is 0. The van der Waals surface area contributed by atoms with Gasteiger partial charge in [0.05, 0.1) is 0 Å². The van der Waals surface area contributed by atoms with E-state index in [1.165, 1.54) is 47.8 Å². The monoisotopic (exact) mass is 785 g/mol. The molecule has 0 amide bonds. The van der Waals surface area contributed by atoms with Crippen molar-refractivity contribution in [3.8, 4) is 0 Å². The van der Waals surface area contributed by atoms with Crippen LogP contribution < -0.4 is 24.8 Å². The molecule has 0 aromatic heterocycles. The van der Waals surface area contributed by atoms with Crippen molar-refractivity contribution in [2.24, 2.45) is 10.8 Å². The molecule has 41 heavy (non-hydrogen) atoms. The molecular formula is C35H45Cl4Zr2. The first-order valence-electron chi connectivity index (χ1n) is 14.0. The van der Waals surface area contributed by atoms with Crippen LogP contribution in [0.4, 0.5) is 0 Å². The second-order valence-corrected chi connectivity index (χ2v) is 30.0. The summed E-state index contributed by atoms with van der Waals surface area (Å²) in [6.45, 7) is 23.3.